The van der Waals surface area contributed by atoms with Crippen LogP contribution in [0.3, 0.4) is 0 Å². The van der Waals surface area contributed by atoms with E-state index in [2.05, 4.69) is 9.97 Å². The molecule has 0 bridgehead atoms. The average molecular weight is 384 g/mol. The molecule has 27 heavy (non-hydrogen) atoms. The van der Waals surface area contributed by atoms with Gasteiger partial charge in [-0.05, 0) is 25.1 Å². The standard InChI is InChI=1S/C17H15F3N2O5/c1-9-21-14(26-3)13(12(8-25-2)16(23)24)15(22-9)27-11-6-4-5-10(7-11)17(18,19)20/h4-8H,1-3H3,(H,23,24)/b12-8-. The third-order valence-corrected chi connectivity index (χ3v) is 3.26. The van der Waals surface area contributed by atoms with Crippen molar-refractivity contribution in [2.24, 2.45) is 0 Å². The first kappa shape index (κ1) is 20.0. The lowest BCUT2D eigenvalue weighted by Gasteiger charge is -2.15. The lowest BCUT2D eigenvalue weighted by Crippen LogP contribution is -2.09. The highest BCUT2D eigenvalue weighted by Gasteiger charge is 2.31. The van der Waals surface area contributed by atoms with Crippen LogP contribution in [0.5, 0.6) is 17.5 Å². The molecule has 2 aromatic rings. The number of benzene rings is 1. The molecule has 1 aromatic heterocycles. The second-order valence-corrected chi connectivity index (χ2v) is 5.16. The molecule has 0 atom stereocenters. The summed E-state index contributed by atoms with van der Waals surface area (Å²) in [5.41, 5.74) is -1.49. The van der Waals surface area contributed by atoms with Gasteiger partial charge in [0.25, 0.3) is 0 Å². The van der Waals surface area contributed by atoms with E-state index in [-0.39, 0.29) is 28.9 Å². The number of methoxy groups -OCH3 is 2. The number of carbonyl (C=O) groups is 1. The minimum atomic E-state index is -4.57. The highest BCUT2D eigenvalue weighted by molar-refractivity contribution is 6.16. The van der Waals surface area contributed by atoms with Crippen molar-refractivity contribution in [3.8, 4) is 17.5 Å². The number of aromatic nitrogens is 2. The molecule has 0 radical (unpaired) electrons. The molecule has 0 fully saturated rings. The van der Waals surface area contributed by atoms with Crippen molar-refractivity contribution in [1.82, 2.24) is 9.97 Å². The maximum absolute atomic E-state index is 12.9. The van der Waals surface area contributed by atoms with Crippen LogP contribution in [0.4, 0.5) is 13.2 Å². The molecular weight excluding hydrogens is 369 g/mol. The van der Waals surface area contributed by atoms with Crippen LogP contribution in [0.2, 0.25) is 0 Å². The van der Waals surface area contributed by atoms with Gasteiger partial charge in [0.1, 0.15) is 22.7 Å². The number of aryl methyl sites for hydroxylation is 1. The van der Waals surface area contributed by atoms with Gasteiger partial charge in [0.2, 0.25) is 11.8 Å². The van der Waals surface area contributed by atoms with Crippen LogP contribution in [0.25, 0.3) is 5.57 Å². The number of ether oxygens (including phenoxy) is 3. The van der Waals surface area contributed by atoms with Crippen LogP contribution in [0.15, 0.2) is 30.5 Å². The first-order valence-electron chi connectivity index (χ1n) is 7.41. The third kappa shape index (κ3) is 4.66. The number of hydrogen-bond acceptors (Lipinski definition) is 6. The second kappa shape index (κ2) is 7.94. The molecule has 7 nitrogen and oxygen atoms in total. The lowest BCUT2D eigenvalue weighted by atomic mass is 10.1. The summed E-state index contributed by atoms with van der Waals surface area (Å²) >= 11 is 0. The van der Waals surface area contributed by atoms with Gasteiger partial charge in [0.05, 0.1) is 26.0 Å². The first-order chi connectivity index (χ1) is 12.7. The molecule has 0 aliphatic rings. The zero-order valence-electron chi connectivity index (χ0n) is 14.5. The van der Waals surface area contributed by atoms with E-state index in [0.29, 0.717) is 0 Å². The summed E-state index contributed by atoms with van der Waals surface area (Å²) in [5.74, 6) is -1.83. The smallest absolute Gasteiger partial charge is 0.416 e. The fraction of sp³-hybridized carbons (Fsp3) is 0.235. The van der Waals surface area contributed by atoms with Crippen LogP contribution in [0.1, 0.15) is 17.0 Å². The van der Waals surface area contributed by atoms with E-state index in [4.69, 9.17) is 14.2 Å². The Bertz CT molecular complexity index is 881. The molecule has 1 N–H and O–H groups in total. The summed E-state index contributed by atoms with van der Waals surface area (Å²) < 4.78 is 54.0. The maximum atomic E-state index is 12.9. The van der Waals surface area contributed by atoms with Gasteiger partial charge in [-0.1, -0.05) is 6.07 Å². The van der Waals surface area contributed by atoms with Gasteiger partial charge >= 0.3 is 12.1 Å². The predicted molar refractivity (Wildman–Crippen MR) is 87.5 cm³/mol. The normalized spacial score (nSPS) is 11.9. The van der Waals surface area contributed by atoms with E-state index in [1.807, 2.05) is 0 Å². The van der Waals surface area contributed by atoms with E-state index in [9.17, 15) is 23.1 Å². The summed E-state index contributed by atoms with van der Waals surface area (Å²) in [6.07, 6.45) is -3.65. The molecule has 0 unspecified atom stereocenters. The zero-order valence-corrected chi connectivity index (χ0v) is 14.5. The molecule has 144 valence electrons. The molecule has 1 heterocycles. The Morgan fingerprint density at radius 1 is 1.19 bits per heavy atom. The molecule has 1 aromatic carbocycles. The number of carboxylic acid groups (broad SMARTS) is 1. The predicted octanol–water partition coefficient (Wildman–Crippen LogP) is 3.68. The number of nitrogens with zero attached hydrogens (tertiary/aromatic N) is 2. The number of alkyl halides is 3. The number of halogens is 3. The topological polar surface area (TPSA) is 90.8 Å². The van der Waals surface area contributed by atoms with Crippen molar-refractivity contribution >= 4 is 11.5 Å². The van der Waals surface area contributed by atoms with Crippen molar-refractivity contribution < 1.29 is 37.3 Å². The van der Waals surface area contributed by atoms with Crippen molar-refractivity contribution in [3.63, 3.8) is 0 Å². The van der Waals surface area contributed by atoms with Crippen molar-refractivity contribution in [3.05, 3.63) is 47.5 Å². The molecule has 0 saturated heterocycles. The van der Waals surface area contributed by atoms with Gasteiger partial charge in [-0.2, -0.15) is 23.1 Å². The molecular formula is C17H15F3N2O5. The molecule has 2 rings (SSSR count). The van der Waals surface area contributed by atoms with Crippen LogP contribution >= 0.6 is 0 Å². The summed E-state index contributed by atoms with van der Waals surface area (Å²) in [7, 11) is 2.49. The Labute approximate surface area is 152 Å². The largest absolute Gasteiger partial charge is 0.503 e. The summed E-state index contributed by atoms with van der Waals surface area (Å²) in [6, 6.07) is 4.09. The van der Waals surface area contributed by atoms with Gasteiger partial charge in [-0.15, -0.1) is 0 Å². The van der Waals surface area contributed by atoms with E-state index in [0.717, 1.165) is 24.5 Å². The van der Waals surface area contributed by atoms with Gasteiger partial charge < -0.3 is 19.3 Å². The number of rotatable bonds is 6. The lowest BCUT2D eigenvalue weighted by molar-refractivity contribution is -0.137. The number of carboxylic acids is 1. The highest BCUT2D eigenvalue weighted by Crippen LogP contribution is 2.37. The number of hydrogen-bond donors (Lipinski definition) is 1. The highest BCUT2D eigenvalue weighted by atomic mass is 19.4. The third-order valence-electron chi connectivity index (χ3n) is 3.26. The Balaban J connectivity index is 2.62. The van der Waals surface area contributed by atoms with Crippen molar-refractivity contribution in [2.75, 3.05) is 14.2 Å². The summed E-state index contributed by atoms with van der Waals surface area (Å²) in [4.78, 5) is 19.6. The molecule has 0 aliphatic heterocycles. The van der Waals surface area contributed by atoms with E-state index in [1.54, 1.807) is 0 Å². The van der Waals surface area contributed by atoms with Crippen LogP contribution in [-0.2, 0) is 15.7 Å². The summed E-state index contributed by atoms with van der Waals surface area (Å²) in [5, 5.41) is 9.42. The van der Waals surface area contributed by atoms with Gasteiger partial charge in [-0.25, -0.2) is 4.79 Å². The van der Waals surface area contributed by atoms with Gasteiger partial charge in [-0.3, -0.25) is 0 Å². The van der Waals surface area contributed by atoms with Crippen LogP contribution in [0, 0.1) is 6.92 Å². The van der Waals surface area contributed by atoms with Gasteiger partial charge in [0, 0.05) is 0 Å². The SMILES string of the molecule is CO/C=C(\C(=O)O)c1c(OC)nc(C)nc1Oc1cccc(C(F)(F)F)c1. The molecule has 0 amide bonds. The monoisotopic (exact) mass is 384 g/mol. The molecule has 0 saturated carbocycles. The van der Waals surface area contributed by atoms with Crippen molar-refractivity contribution in [1.29, 1.82) is 0 Å². The Morgan fingerprint density at radius 3 is 2.41 bits per heavy atom. The van der Waals surface area contributed by atoms with Gasteiger partial charge in [0.15, 0.2) is 0 Å². The fourth-order valence-electron chi connectivity index (χ4n) is 2.16. The van der Waals surface area contributed by atoms with Crippen molar-refractivity contribution in [2.45, 2.75) is 13.1 Å². The molecule has 0 aliphatic carbocycles. The average Bonchev–Trinajstić information content (AvgIpc) is 2.59. The van der Waals surface area contributed by atoms with E-state index < -0.39 is 23.3 Å². The zero-order chi connectivity index (χ0) is 20.2. The Hall–Kier alpha value is -3.30. The molecule has 10 heteroatoms. The van der Waals surface area contributed by atoms with E-state index in [1.165, 1.54) is 27.2 Å². The second-order valence-electron chi connectivity index (χ2n) is 5.16. The minimum absolute atomic E-state index is 0.129. The van der Waals surface area contributed by atoms with Crippen LogP contribution in [-0.4, -0.2) is 35.3 Å². The van der Waals surface area contributed by atoms with Crippen LogP contribution < -0.4 is 9.47 Å². The van der Waals surface area contributed by atoms with E-state index >= 15 is 0 Å². The Morgan fingerprint density at radius 2 is 1.85 bits per heavy atom. The minimum Gasteiger partial charge on any atom is -0.503 e. The Kier molecular flexibility index (Phi) is 5.88. The number of aliphatic carboxylic acids is 1. The summed E-state index contributed by atoms with van der Waals surface area (Å²) in [6.45, 7) is 1.49. The maximum Gasteiger partial charge on any atom is 0.416 e. The fourth-order valence-corrected chi connectivity index (χ4v) is 2.16. The quantitative estimate of drug-likeness (QED) is 0.600. The molecule has 0 spiro atoms. The first-order valence-corrected chi connectivity index (χ1v) is 7.41.